The van der Waals surface area contributed by atoms with Crippen LogP contribution in [0.1, 0.15) is 38.7 Å². The van der Waals surface area contributed by atoms with Gasteiger partial charge in [0.15, 0.2) is 0 Å². The van der Waals surface area contributed by atoms with Gasteiger partial charge in [0, 0.05) is 74.3 Å². The number of nitrogens with zero attached hydrogens (tertiary/aromatic N) is 5. The molecule has 5 rings (SSSR count). The second-order valence-corrected chi connectivity index (χ2v) is 13.3. The monoisotopic (exact) mass is 538 g/mol. The second kappa shape index (κ2) is 10.6. The zero-order valence-corrected chi connectivity index (χ0v) is 23.7. The molecule has 2 aliphatic rings. The van der Waals surface area contributed by atoms with E-state index in [1.165, 1.54) is 11.8 Å². The molecule has 2 aliphatic heterocycles. The van der Waals surface area contributed by atoms with E-state index in [0.717, 1.165) is 60.9 Å². The molecular weight excluding hydrogens is 500 g/mol. The topological polar surface area (TPSA) is 101 Å². The number of ether oxygens (including phenoxy) is 1. The first-order chi connectivity index (χ1) is 18.1. The number of benzene rings is 1. The standard InChI is InChI=1S/C28H38N6O3S/c1-18(2)22-6-7-25(34-15-21(19(34)3)17-38(5,35)36)24-13-30-27(12-23(22)24)31-26-8-10-29-28(32-26)33-11-9-20(14-33)16-37-4/h6-8,10,12-13,18-21H,9,11,14-17H2,1-5H3,(H,29,30,31,32)/t19-,20-,21-/m1/s1. The van der Waals surface area contributed by atoms with Crippen molar-refractivity contribution < 1.29 is 13.2 Å². The van der Waals surface area contributed by atoms with Crippen LogP contribution in [0, 0.1) is 11.8 Å². The van der Waals surface area contributed by atoms with Crippen LogP contribution in [0.2, 0.25) is 0 Å². The van der Waals surface area contributed by atoms with Crippen LogP contribution in [0.3, 0.4) is 0 Å². The Kier molecular flexibility index (Phi) is 7.46. The van der Waals surface area contributed by atoms with Crippen LogP contribution in [0.25, 0.3) is 10.8 Å². The zero-order valence-electron chi connectivity index (χ0n) is 22.9. The fourth-order valence-electron chi connectivity index (χ4n) is 5.74. The van der Waals surface area contributed by atoms with E-state index < -0.39 is 9.84 Å². The van der Waals surface area contributed by atoms with Crippen molar-refractivity contribution in [3.8, 4) is 0 Å². The number of methoxy groups -OCH3 is 1. The minimum absolute atomic E-state index is 0.145. The summed E-state index contributed by atoms with van der Waals surface area (Å²) in [7, 11) is -1.26. The number of hydrogen-bond donors (Lipinski definition) is 1. The van der Waals surface area contributed by atoms with Gasteiger partial charge in [-0.2, -0.15) is 4.98 Å². The first-order valence-corrected chi connectivity index (χ1v) is 15.4. The van der Waals surface area contributed by atoms with Crippen LogP contribution >= 0.6 is 0 Å². The maximum absolute atomic E-state index is 11.8. The van der Waals surface area contributed by atoms with Crippen LogP contribution in [0.5, 0.6) is 0 Å². The number of rotatable bonds is 9. The number of hydrogen-bond acceptors (Lipinski definition) is 9. The van der Waals surface area contributed by atoms with E-state index in [1.807, 2.05) is 12.3 Å². The molecule has 0 aliphatic carbocycles. The lowest BCUT2D eigenvalue weighted by Gasteiger charge is -2.48. The van der Waals surface area contributed by atoms with E-state index in [-0.39, 0.29) is 17.7 Å². The van der Waals surface area contributed by atoms with Crippen LogP contribution in [-0.2, 0) is 14.6 Å². The maximum atomic E-state index is 11.8. The van der Waals surface area contributed by atoms with Crippen LogP contribution in [0.4, 0.5) is 23.3 Å². The molecular formula is C28H38N6O3S. The van der Waals surface area contributed by atoms with E-state index in [2.05, 4.69) is 59.1 Å². The molecule has 38 heavy (non-hydrogen) atoms. The Morgan fingerprint density at radius 3 is 2.66 bits per heavy atom. The molecule has 2 fully saturated rings. The highest BCUT2D eigenvalue weighted by Crippen LogP contribution is 2.39. The van der Waals surface area contributed by atoms with Gasteiger partial charge < -0.3 is 19.9 Å². The van der Waals surface area contributed by atoms with Gasteiger partial charge in [0.05, 0.1) is 12.4 Å². The van der Waals surface area contributed by atoms with Gasteiger partial charge in [-0.15, -0.1) is 0 Å². The van der Waals surface area contributed by atoms with Crippen molar-refractivity contribution in [3.05, 3.63) is 42.2 Å². The highest BCUT2D eigenvalue weighted by atomic mass is 32.2. The molecule has 4 heterocycles. The van der Waals surface area contributed by atoms with Gasteiger partial charge in [-0.25, -0.2) is 18.4 Å². The van der Waals surface area contributed by atoms with Gasteiger partial charge in [0.25, 0.3) is 0 Å². The molecule has 10 heteroatoms. The number of fused-ring (bicyclic) bond motifs is 1. The Balaban J connectivity index is 1.40. The van der Waals surface area contributed by atoms with Crippen LogP contribution < -0.4 is 15.1 Å². The Hall–Kier alpha value is -2.98. The van der Waals surface area contributed by atoms with Gasteiger partial charge in [-0.3, -0.25) is 0 Å². The molecule has 0 spiro atoms. The summed E-state index contributed by atoms with van der Waals surface area (Å²) in [4.78, 5) is 18.5. The Morgan fingerprint density at radius 2 is 1.95 bits per heavy atom. The third-order valence-electron chi connectivity index (χ3n) is 7.84. The van der Waals surface area contributed by atoms with E-state index >= 15 is 0 Å². The predicted octanol–water partition coefficient (Wildman–Crippen LogP) is 4.23. The lowest BCUT2D eigenvalue weighted by Crippen LogP contribution is -2.57. The third-order valence-corrected chi connectivity index (χ3v) is 8.87. The van der Waals surface area contributed by atoms with Crippen molar-refractivity contribution in [2.45, 2.75) is 39.2 Å². The predicted molar refractivity (Wildman–Crippen MR) is 153 cm³/mol. The molecule has 204 valence electrons. The van der Waals surface area contributed by atoms with Gasteiger partial charge in [-0.1, -0.05) is 19.9 Å². The number of sulfone groups is 1. The van der Waals surface area contributed by atoms with Gasteiger partial charge >= 0.3 is 0 Å². The Bertz CT molecular complexity index is 1410. The molecule has 0 radical (unpaired) electrons. The van der Waals surface area contributed by atoms with E-state index in [1.54, 1.807) is 13.3 Å². The number of pyridine rings is 1. The van der Waals surface area contributed by atoms with Crippen molar-refractivity contribution in [2.75, 3.05) is 60.5 Å². The third kappa shape index (κ3) is 5.56. The summed E-state index contributed by atoms with van der Waals surface area (Å²) in [6.45, 7) is 9.80. The quantitative estimate of drug-likeness (QED) is 0.429. The fourth-order valence-corrected chi connectivity index (χ4v) is 6.90. The number of nitrogens with one attached hydrogen (secondary N) is 1. The average Bonchev–Trinajstić information content (AvgIpc) is 3.34. The van der Waals surface area contributed by atoms with Gasteiger partial charge in [0.1, 0.15) is 21.5 Å². The summed E-state index contributed by atoms with van der Waals surface area (Å²) in [5.41, 5.74) is 2.35. The smallest absolute Gasteiger partial charge is 0.227 e. The molecule has 3 aromatic rings. The lowest BCUT2D eigenvalue weighted by molar-refractivity contribution is 0.161. The molecule has 3 atom stereocenters. The largest absolute Gasteiger partial charge is 0.384 e. The molecule has 1 aromatic carbocycles. The van der Waals surface area contributed by atoms with Gasteiger partial charge in [-0.05, 0) is 48.4 Å². The zero-order chi connectivity index (χ0) is 27.0. The molecule has 0 bridgehead atoms. The molecule has 0 amide bonds. The summed E-state index contributed by atoms with van der Waals surface area (Å²) >= 11 is 0. The first kappa shape index (κ1) is 26.6. The minimum Gasteiger partial charge on any atom is -0.384 e. The average molecular weight is 539 g/mol. The summed E-state index contributed by atoms with van der Waals surface area (Å²) in [5, 5.41) is 5.61. The summed E-state index contributed by atoms with van der Waals surface area (Å²) in [6.07, 6.45) is 6.10. The fraction of sp³-hybridized carbons (Fsp3) is 0.536. The summed E-state index contributed by atoms with van der Waals surface area (Å²) < 4.78 is 29.0. The molecule has 0 unspecified atom stereocenters. The van der Waals surface area contributed by atoms with E-state index in [4.69, 9.17) is 14.7 Å². The van der Waals surface area contributed by atoms with E-state index in [0.29, 0.717) is 17.7 Å². The van der Waals surface area contributed by atoms with Crippen molar-refractivity contribution in [1.29, 1.82) is 0 Å². The van der Waals surface area contributed by atoms with Crippen molar-refractivity contribution >= 4 is 43.9 Å². The number of aromatic nitrogens is 3. The molecule has 0 saturated carbocycles. The minimum atomic E-state index is -3.00. The van der Waals surface area contributed by atoms with Crippen molar-refractivity contribution in [1.82, 2.24) is 15.0 Å². The molecule has 2 saturated heterocycles. The van der Waals surface area contributed by atoms with Gasteiger partial charge in [0.2, 0.25) is 5.95 Å². The molecule has 9 nitrogen and oxygen atoms in total. The highest BCUT2D eigenvalue weighted by Gasteiger charge is 2.38. The van der Waals surface area contributed by atoms with Crippen LogP contribution in [0.15, 0.2) is 36.7 Å². The van der Waals surface area contributed by atoms with Crippen molar-refractivity contribution in [2.24, 2.45) is 11.8 Å². The Morgan fingerprint density at radius 1 is 1.13 bits per heavy atom. The summed E-state index contributed by atoms with van der Waals surface area (Å²) in [5.74, 6) is 3.37. The maximum Gasteiger partial charge on any atom is 0.227 e. The Labute approximate surface area is 225 Å². The first-order valence-electron chi connectivity index (χ1n) is 13.3. The lowest BCUT2D eigenvalue weighted by atomic mass is 9.88. The molecule has 1 N–H and O–H groups in total. The normalized spacial score (nSPS) is 21.8. The molecule has 2 aromatic heterocycles. The van der Waals surface area contributed by atoms with Crippen LogP contribution in [-0.4, -0.2) is 74.8 Å². The van der Waals surface area contributed by atoms with Crippen molar-refractivity contribution in [3.63, 3.8) is 0 Å². The SMILES string of the molecule is COC[C@@H]1CCN(c2nccc(Nc3cc4c(C(C)C)ccc(N5C[C@H](CS(C)(=O)=O)[C@H]5C)c4cn3)n2)C1. The second-order valence-electron chi connectivity index (χ2n) is 11.1. The summed E-state index contributed by atoms with van der Waals surface area (Å²) in [6, 6.07) is 8.46. The number of anilines is 4. The highest BCUT2D eigenvalue weighted by molar-refractivity contribution is 7.90. The van der Waals surface area contributed by atoms with E-state index in [9.17, 15) is 8.42 Å².